The third-order valence-electron chi connectivity index (χ3n) is 2.57. The Balaban J connectivity index is 1.73. The number of hydrogen-bond acceptors (Lipinski definition) is 6. The molecule has 3 aromatic rings. The van der Waals surface area contributed by atoms with Crippen molar-refractivity contribution in [2.75, 3.05) is 0 Å². The summed E-state index contributed by atoms with van der Waals surface area (Å²) in [4.78, 5) is 9.40. The highest BCUT2D eigenvalue weighted by Crippen LogP contribution is 2.26. The first-order chi connectivity index (χ1) is 9.83. The largest absolute Gasteiger partial charge is 0.505 e. The molecule has 100 valence electrons. The number of aromatic hydroxyl groups is 1. The first-order valence-electron chi connectivity index (χ1n) is 5.98. The molecule has 1 N–H and O–H groups in total. The average Bonchev–Trinajstić information content (AvgIpc) is 2.95. The van der Waals surface area contributed by atoms with Crippen LogP contribution >= 0.6 is 11.8 Å². The summed E-state index contributed by atoms with van der Waals surface area (Å²) in [7, 11) is 0. The molecule has 2 heterocycles. The zero-order valence-electron chi connectivity index (χ0n) is 10.4. The standard InChI is InChI=1S/C14H11N3O2S/c18-11-7-4-8-15-13(11)14-16-12(17-19-14)9-20-10-5-2-1-3-6-10/h1-8,18H,9H2. The fraction of sp³-hybridized carbons (Fsp3) is 0.0714. The number of thioether (sulfide) groups is 1. The monoisotopic (exact) mass is 285 g/mol. The van der Waals surface area contributed by atoms with Gasteiger partial charge in [0.2, 0.25) is 0 Å². The SMILES string of the molecule is Oc1cccnc1-c1nc(CSc2ccccc2)no1. The van der Waals surface area contributed by atoms with Crippen LogP contribution in [0.2, 0.25) is 0 Å². The van der Waals surface area contributed by atoms with Crippen molar-refractivity contribution in [3.63, 3.8) is 0 Å². The van der Waals surface area contributed by atoms with Gasteiger partial charge in [-0.25, -0.2) is 4.98 Å². The maximum atomic E-state index is 9.69. The van der Waals surface area contributed by atoms with E-state index in [2.05, 4.69) is 15.1 Å². The fourth-order valence-electron chi connectivity index (χ4n) is 1.63. The molecule has 0 unspecified atom stereocenters. The van der Waals surface area contributed by atoms with Crippen LogP contribution in [0.1, 0.15) is 5.82 Å². The molecule has 1 aromatic carbocycles. The Bertz CT molecular complexity index is 700. The van der Waals surface area contributed by atoms with Gasteiger partial charge in [-0.1, -0.05) is 23.4 Å². The summed E-state index contributed by atoms with van der Waals surface area (Å²) in [5.74, 6) is 1.42. The zero-order chi connectivity index (χ0) is 13.8. The Morgan fingerprint density at radius 2 is 1.95 bits per heavy atom. The van der Waals surface area contributed by atoms with E-state index in [1.54, 1.807) is 24.0 Å². The number of nitrogens with zero attached hydrogens (tertiary/aromatic N) is 3. The number of aromatic nitrogens is 3. The molecule has 0 saturated carbocycles. The second kappa shape index (κ2) is 5.75. The minimum Gasteiger partial charge on any atom is -0.505 e. The quantitative estimate of drug-likeness (QED) is 0.742. The smallest absolute Gasteiger partial charge is 0.280 e. The maximum absolute atomic E-state index is 9.69. The van der Waals surface area contributed by atoms with Crippen molar-refractivity contribution in [3.05, 3.63) is 54.5 Å². The molecule has 0 amide bonds. The second-order valence-corrected chi connectivity index (χ2v) is 5.04. The highest BCUT2D eigenvalue weighted by atomic mass is 32.2. The number of benzene rings is 1. The molecule has 2 aromatic heterocycles. The van der Waals surface area contributed by atoms with Crippen molar-refractivity contribution in [3.8, 4) is 17.3 Å². The summed E-state index contributed by atoms with van der Waals surface area (Å²) >= 11 is 1.62. The summed E-state index contributed by atoms with van der Waals surface area (Å²) < 4.78 is 5.12. The first-order valence-corrected chi connectivity index (χ1v) is 6.96. The lowest BCUT2D eigenvalue weighted by Crippen LogP contribution is -1.86. The fourth-order valence-corrected chi connectivity index (χ4v) is 2.40. The molecule has 0 aliphatic rings. The van der Waals surface area contributed by atoms with Crippen molar-refractivity contribution in [1.82, 2.24) is 15.1 Å². The second-order valence-electron chi connectivity index (χ2n) is 3.99. The van der Waals surface area contributed by atoms with Crippen molar-refractivity contribution in [2.24, 2.45) is 0 Å². The third kappa shape index (κ3) is 2.80. The van der Waals surface area contributed by atoms with Gasteiger partial charge in [0.15, 0.2) is 11.5 Å². The molecule has 0 radical (unpaired) electrons. The summed E-state index contributed by atoms with van der Waals surface area (Å²) in [5, 5.41) is 13.6. The Labute approximate surface area is 119 Å². The molecule has 0 aliphatic heterocycles. The van der Waals surface area contributed by atoms with Gasteiger partial charge in [-0.3, -0.25) is 0 Å². The van der Waals surface area contributed by atoms with E-state index in [-0.39, 0.29) is 11.6 Å². The summed E-state index contributed by atoms with van der Waals surface area (Å²) in [6, 6.07) is 13.2. The van der Waals surface area contributed by atoms with Crippen LogP contribution in [0.5, 0.6) is 5.75 Å². The van der Waals surface area contributed by atoms with Crippen LogP contribution in [-0.2, 0) is 5.75 Å². The van der Waals surface area contributed by atoms with E-state index in [1.807, 2.05) is 30.3 Å². The van der Waals surface area contributed by atoms with E-state index in [9.17, 15) is 5.11 Å². The molecular formula is C14H11N3O2S. The van der Waals surface area contributed by atoms with Gasteiger partial charge in [-0.15, -0.1) is 11.8 Å². The highest BCUT2D eigenvalue weighted by molar-refractivity contribution is 7.98. The van der Waals surface area contributed by atoms with Crippen molar-refractivity contribution in [2.45, 2.75) is 10.6 Å². The Hall–Kier alpha value is -2.34. The maximum Gasteiger partial charge on any atom is 0.280 e. The van der Waals surface area contributed by atoms with Crippen LogP contribution in [0.25, 0.3) is 11.6 Å². The van der Waals surface area contributed by atoms with Gasteiger partial charge >= 0.3 is 0 Å². The topological polar surface area (TPSA) is 72.0 Å². The lowest BCUT2D eigenvalue weighted by atomic mass is 10.3. The molecule has 5 nitrogen and oxygen atoms in total. The molecule has 0 saturated heterocycles. The molecule has 3 rings (SSSR count). The van der Waals surface area contributed by atoms with Crippen molar-refractivity contribution >= 4 is 11.8 Å². The zero-order valence-corrected chi connectivity index (χ0v) is 11.2. The third-order valence-corrected chi connectivity index (χ3v) is 3.58. The van der Waals surface area contributed by atoms with Crippen LogP contribution in [-0.4, -0.2) is 20.2 Å². The van der Waals surface area contributed by atoms with Gasteiger partial charge in [0.25, 0.3) is 5.89 Å². The van der Waals surface area contributed by atoms with Crippen molar-refractivity contribution in [1.29, 1.82) is 0 Å². The Morgan fingerprint density at radius 1 is 1.10 bits per heavy atom. The van der Waals surface area contributed by atoms with Gasteiger partial charge < -0.3 is 9.63 Å². The molecule has 0 atom stereocenters. The summed E-state index contributed by atoms with van der Waals surface area (Å²) in [6.45, 7) is 0. The normalized spacial score (nSPS) is 10.6. The van der Waals surface area contributed by atoms with Gasteiger partial charge in [0, 0.05) is 11.1 Å². The highest BCUT2D eigenvalue weighted by Gasteiger charge is 2.13. The van der Waals surface area contributed by atoms with E-state index in [4.69, 9.17) is 4.52 Å². The van der Waals surface area contributed by atoms with Crippen LogP contribution in [0.4, 0.5) is 0 Å². The molecule has 0 spiro atoms. The Kier molecular flexibility index (Phi) is 3.64. The number of rotatable bonds is 4. The van der Waals surface area contributed by atoms with Gasteiger partial charge in [0.05, 0.1) is 5.75 Å². The van der Waals surface area contributed by atoms with Crippen LogP contribution in [0, 0.1) is 0 Å². The molecule has 0 aliphatic carbocycles. The lowest BCUT2D eigenvalue weighted by Gasteiger charge is -1.96. The van der Waals surface area contributed by atoms with E-state index < -0.39 is 0 Å². The number of pyridine rings is 1. The van der Waals surface area contributed by atoms with E-state index in [0.717, 1.165) is 4.90 Å². The molecule has 20 heavy (non-hydrogen) atoms. The summed E-state index contributed by atoms with van der Waals surface area (Å²) in [6.07, 6.45) is 1.57. The predicted molar refractivity (Wildman–Crippen MR) is 75.2 cm³/mol. The molecular weight excluding hydrogens is 274 g/mol. The van der Waals surface area contributed by atoms with Gasteiger partial charge in [0.1, 0.15) is 5.75 Å². The summed E-state index contributed by atoms with van der Waals surface area (Å²) in [5.41, 5.74) is 0.302. The average molecular weight is 285 g/mol. The van der Waals surface area contributed by atoms with Gasteiger partial charge in [-0.05, 0) is 24.3 Å². The molecule has 0 fully saturated rings. The van der Waals surface area contributed by atoms with Crippen LogP contribution in [0.3, 0.4) is 0 Å². The predicted octanol–water partition coefficient (Wildman–Crippen LogP) is 3.13. The van der Waals surface area contributed by atoms with Crippen LogP contribution in [0.15, 0.2) is 58.1 Å². The van der Waals surface area contributed by atoms with E-state index >= 15 is 0 Å². The lowest BCUT2D eigenvalue weighted by molar-refractivity contribution is 0.417. The Morgan fingerprint density at radius 3 is 2.75 bits per heavy atom. The minimum atomic E-state index is 0.0263. The number of hydrogen-bond donors (Lipinski definition) is 1. The molecule has 6 heteroatoms. The van der Waals surface area contributed by atoms with Crippen molar-refractivity contribution < 1.29 is 9.63 Å². The van der Waals surface area contributed by atoms with Crippen LogP contribution < -0.4 is 0 Å². The molecule has 0 bridgehead atoms. The van der Waals surface area contributed by atoms with E-state index in [0.29, 0.717) is 17.3 Å². The minimum absolute atomic E-state index is 0.0263. The van der Waals surface area contributed by atoms with E-state index in [1.165, 1.54) is 6.07 Å². The first kappa shape index (κ1) is 12.7. The van der Waals surface area contributed by atoms with Gasteiger partial charge in [-0.2, -0.15) is 4.98 Å².